The van der Waals surface area contributed by atoms with Crippen molar-refractivity contribution < 1.29 is 14.3 Å². The van der Waals surface area contributed by atoms with Gasteiger partial charge in [-0.25, -0.2) is 9.37 Å². The zero-order valence-corrected chi connectivity index (χ0v) is 25.0. The number of nitrogens with one attached hydrogen (secondary N) is 3. The lowest BCUT2D eigenvalue weighted by Crippen LogP contribution is -2.26. The number of phenols is 1. The van der Waals surface area contributed by atoms with Crippen LogP contribution < -0.4 is 5.32 Å². The summed E-state index contributed by atoms with van der Waals surface area (Å²) < 4.78 is 14.0. The number of phenolic OH excluding ortho intramolecular Hbond substituents is 1. The number of halogens is 1. The molecule has 0 saturated heterocycles. The molecule has 1 atom stereocenters. The van der Waals surface area contributed by atoms with E-state index in [1.54, 1.807) is 36.7 Å². The van der Waals surface area contributed by atoms with Crippen LogP contribution in [0.2, 0.25) is 0 Å². The van der Waals surface area contributed by atoms with Gasteiger partial charge in [-0.2, -0.15) is 5.10 Å². The molecule has 0 saturated carbocycles. The fourth-order valence-electron chi connectivity index (χ4n) is 5.74. The molecule has 7 rings (SSSR count). The first-order valence-electron chi connectivity index (χ1n) is 15.0. The number of H-pyrrole nitrogens is 2. The van der Waals surface area contributed by atoms with Crippen LogP contribution in [0.4, 0.5) is 4.39 Å². The second kappa shape index (κ2) is 12.2. The molecule has 9 nitrogen and oxygen atoms in total. The number of aromatic amines is 2. The molecule has 4 aromatic heterocycles. The number of benzene rings is 3. The predicted molar refractivity (Wildman–Crippen MR) is 176 cm³/mol. The topological polar surface area (TPSA) is 132 Å². The number of imidazole rings is 1. The zero-order chi connectivity index (χ0) is 31.6. The number of aromatic hydroxyl groups is 1. The number of aromatic nitrogens is 6. The molecule has 0 aliphatic heterocycles. The molecule has 4 heterocycles. The molecule has 0 spiro atoms. The minimum Gasteiger partial charge on any atom is -0.507 e. The van der Waals surface area contributed by atoms with Gasteiger partial charge in [-0.1, -0.05) is 37.3 Å². The SMILES string of the molecule is CC(CCNC(=O)c1ccccc1O)Cc1cncc(-c2ccc3[nH]nc(-c4nc5c(-c6cccc(F)c6)cncc5[nH]4)c3c2)c1. The molecule has 3 aromatic carbocycles. The van der Waals surface area contributed by atoms with Gasteiger partial charge >= 0.3 is 0 Å². The number of fused-ring (bicyclic) bond motifs is 2. The Balaban J connectivity index is 1.09. The van der Waals surface area contributed by atoms with E-state index in [1.165, 1.54) is 18.2 Å². The molecule has 7 aromatic rings. The first kappa shape index (κ1) is 28.8. The summed E-state index contributed by atoms with van der Waals surface area (Å²) in [5.74, 6) is 0.248. The number of rotatable bonds is 9. The van der Waals surface area contributed by atoms with Crippen molar-refractivity contribution in [2.45, 2.75) is 19.8 Å². The van der Waals surface area contributed by atoms with Crippen molar-refractivity contribution in [2.24, 2.45) is 5.92 Å². The van der Waals surface area contributed by atoms with Gasteiger partial charge < -0.3 is 15.4 Å². The maximum Gasteiger partial charge on any atom is 0.255 e. The normalized spacial score (nSPS) is 12.0. The van der Waals surface area contributed by atoms with Gasteiger partial charge in [0.05, 0.1) is 28.3 Å². The summed E-state index contributed by atoms with van der Waals surface area (Å²) in [6.45, 7) is 2.65. The summed E-state index contributed by atoms with van der Waals surface area (Å²) in [5.41, 5.74) is 7.72. The second-order valence-corrected chi connectivity index (χ2v) is 11.5. The van der Waals surface area contributed by atoms with E-state index in [0.717, 1.165) is 51.5 Å². The van der Waals surface area contributed by atoms with Crippen molar-refractivity contribution in [3.63, 3.8) is 0 Å². The monoisotopic (exact) mass is 611 g/mol. The average molecular weight is 612 g/mol. The lowest BCUT2D eigenvalue weighted by atomic mass is 9.96. The maximum atomic E-state index is 14.0. The molecule has 46 heavy (non-hydrogen) atoms. The van der Waals surface area contributed by atoms with Crippen LogP contribution in [-0.2, 0) is 6.42 Å². The Labute approximate surface area is 263 Å². The minimum atomic E-state index is -0.321. The van der Waals surface area contributed by atoms with E-state index < -0.39 is 0 Å². The largest absolute Gasteiger partial charge is 0.507 e. The summed E-state index contributed by atoms with van der Waals surface area (Å²) in [6, 6.07) is 21.2. The van der Waals surface area contributed by atoms with Crippen LogP contribution in [-0.4, -0.2) is 47.7 Å². The van der Waals surface area contributed by atoms with Crippen molar-refractivity contribution in [1.29, 1.82) is 0 Å². The first-order valence-corrected chi connectivity index (χ1v) is 15.0. The van der Waals surface area contributed by atoms with Gasteiger partial charge in [-0.15, -0.1) is 0 Å². The van der Waals surface area contributed by atoms with E-state index >= 15 is 0 Å². The highest BCUT2D eigenvalue weighted by Crippen LogP contribution is 2.33. The number of carbonyl (C=O) groups excluding carboxylic acids is 1. The number of para-hydroxylation sites is 1. The molecule has 1 amide bonds. The Bertz CT molecular complexity index is 2210. The highest BCUT2D eigenvalue weighted by Gasteiger charge is 2.17. The minimum absolute atomic E-state index is 0.0263. The van der Waals surface area contributed by atoms with Crippen LogP contribution in [0.1, 0.15) is 29.3 Å². The standard InChI is InChI=1S/C36H30FN7O2/c1-21(11-12-40-36(46)27-7-2-3-8-32(27)45)13-22-14-25(18-38-17-22)23-9-10-30-28(16-23)34(44-43-30)35-41-31-20-39-19-29(33(31)42-35)24-5-4-6-26(37)15-24/h2-10,14-21,45H,11-13H2,1H3,(H,40,46)(H,41,42)(H,43,44). The van der Waals surface area contributed by atoms with Gasteiger partial charge in [-0.3, -0.25) is 19.9 Å². The van der Waals surface area contributed by atoms with Gasteiger partial charge in [0.1, 0.15) is 17.3 Å². The smallest absolute Gasteiger partial charge is 0.255 e. The Morgan fingerprint density at radius 3 is 2.65 bits per heavy atom. The molecule has 4 N–H and O–H groups in total. The summed E-state index contributed by atoms with van der Waals surface area (Å²) in [4.78, 5) is 29.5. The molecule has 0 aliphatic rings. The van der Waals surface area contributed by atoms with E-state index in [1.807, 2.05) is 30.6 Å². The van der Waals surface area contributed by atoms with Crippen molar-refractivity contribution in [2.75, 3.05) is 6.54 Å². The first-order chi connectivity index (χ1) is 22.4. The Hall–Kier alpha value is -5.90. The summed E-state index contributed by atoms with van der Waals surface area (Å²) >= 11 is 0. The lowest BCUT2D eigenvalue weighted by molar-refractivity contribution is 0.0949. The third kappa shape index (κ3) is 5.80. The molecular weight excluding hydrogens is 581 g/mol. The summed E-state index contributed by atoms with van der Waals surface area (Å²) in [7, 11) is 0. The van der Waals surface area contributed by atoms with Crippen molar-refractivity contribution in [3.05, 3.63) is 115 Å². The number of hydrogen-bond donors (Lipinski definition) is 4. The lowest BCUT2D eigenvalue weighted by Gasteiger charge is -2.13. The van der Waals surface area contributed by atoms with Crippen LogP contribution in [0.15, 0.2) is 97.6 Å². The molecule has 1 unspecified atom stereocenters. The molecular formula is C36H30FN7O2. The highest BCUT2D eigenvalue weighted by molar-refractivity contribution is 5.98. The molecule has 0 fully saturated rings. The Kier molecular flexibility index (Phi) is 7.67. The third-order valence-electron chi connectivity index (χ3n) is 8.10. The number of carbonyl (C=O) groups is 1. The number of nitrogens with zero attached hydrogens (tertiary/aromatic N) is 4. The molecule has 0 bridgehead atoms. The maximum absolute atomic E-state index is 14.0. The van der Waals surface area contributed by atoms with Crippen LogP contribution in [0.25, 0.3) is 55.7 Å². The van der Waals surface area contributed by atoms with Gasteiger partial charge in [0.25, 0.3) is 5.91 Å². The number of amides is 1. The van der Waals surface area contributed by atoms with Gasteiger partial charge in [0.2, 0.25) is 0 Å². The molecule has 0 radical (unpaired) electrons. The Morgan fingerprint density at radius 2 is 1.78 bits per heavy atom. The molecule has 10 heteroatoms. The van der Waals surface area contributed by atoms with Crippen molar-refractivity contribution >= 4 is 27.8 Å². The average Bonchev–Trinajstić information content (AvgIpc) is 3.69. The second-order valence-electron chi connectivity index (χ2n) is 11.5. The van der Waals surface area contributed by atoms with E-state index in [2.05, 4.69) is 49.5 Å². The van der Waals surface area contributed by atoms with E-state index in [4.69, 9.17) is 4.98 Å². The van der Waals surface area contributed by atoms with E-state index in [9.17, 15) is 14.3 Å². The van der Waals surface area contributed by atoms with Crippen LogP contribution >= 0.6 is 0 Å². The van der Waals surface area contributed by atoms with Crippen LogP contribution in [0.5, 0.6) is 5.75 Å². The molecule has 0 aliphatic carbocycles. The van der Waals surface area contributed by atoms with Crippen LogP contribution in [0, 0.1) is 11.7 Å². The quantitative estimate of drug-likeness (QED) is 0.138. The summed E-state index contributed by atoms with van der Waals surface area (Å²) in [5, 5.41) is 21.4. The third-order valence-corrected chi connectivity index (χ3v) is 8.10. The number of pyridine rings is 2. The summed E-state index contributed by atoms with van der Waals surface area (Å²) in [6.07, 6.45) is 8.70. The number of hydrogen-bond acceptors (Lipinski definition) is 6. The molecule has 228 valence electrons. The fraction of sp³-hybridized carbons (Fsp3) is 0.139. The van der Waals surface area contributed by atoms with Crippen LogP contribution in [0.3, 0.4) is 0 Å². The van der Waals surface area contributed by atoms with Crippen molar-refractivity contribution in [3.8, 4) is 39.5 Å². The Morgan fingerprint density at radius 1 is 0.913 bits per heavy atom. The zero-order valence-electron chi connectivity index (χ0n) is 25.0. The van der Waals surface area contributed by atoms with Gasteiger partial charge in [0, 0.05) is 41.6 Å². The van der Waals surface area contributed by atoms with Gasteiger partial charge in [-0.05, 0) is 77.9 Å². The fourth-order valence-corrected chi connectivity index (χ4v) is 5.74. The van der Waals surface area contributed by atoms with Crippen molar-refractivity contribution in [1.82, 2.24) is 35.5 Å². The van der Waals surface area contributed by atoms with Gasteiger partial charge in [0.15, 0.2) is 5.82 Å². The highest BCUT2D eigenvalue weighted by atomic mass is 19.1. The predicted octanol–water partition coefficient (Wildman–Crippen LogP) is 7.07. The van der Waals surface area contributed by atoms with E-state index in [0.29, 0.717) is 35.1 Å². The van der Waals surface area contributed by atoms with E-state index in [-0.39, 0.29) is 23.0 Å².